The molecule has 3 amide bonds. The Morgan fingerprint density at radius 3 is 2.33 bits per heavy atom. The van der Waals surface area contributed by atoms with Crippen LogP contribution >= 0.6 is 11.3 Å². The molecule has 30 heavy (non-hydrogen) atoms. The summed E-state index contributed by atoms with van der Waals surface area (Å²) in [5, 5.41) is 6.26. The van der Waals surface area contributed by atoms with E-state index in [0.717, 1.165) is 11.3 Å². The minimum absolute atomic E-state index is 0.00832. The van der Waals surface area contributed by atoms with Gasteiger partial charge in [0.2, 0.25) is 0 Å². The van der Waals surface area contributed by atoms with Gasteiger partial charge in [-0.1, -0.05) is 18.2 Å². The van der Waals surface area contributed by atoms with E-state index in [4.69, 9.17) is 4.74 Å². The SMILES string of the molecule is C[C@@H](OC(=O)c1ccccc1NS(=O)(=O)c1cccs1)C(=O)NC(=O)NC(C)(C)C. The standard InChI is InChI=1S/C19H23N3O6S2/c1-12(16(23)20-18(25)21-19(2,3)4)28-17(24)13-8-5-6-9-14(13)22-30(26,27)15-10-7-11-29-15/h5-12,22H,1-4H3,(H2,20,21,23,25)/t12-/m1/s1. The van der Waals surface area contributed by atoms with Crippen LogP contribution in [0.4, 0.5) is 10.5 Å². The Morgan fingerprint density at radius 2 is 1.73 bits per heavy atom. The number of amides is 3. The highest BCUT2D eigenvalue weighted by Crippen LogP contribution is 2.23. The zero-order valence-corrected chi connectivity index (χ0v) is 18.5. The maximum atomic E-state index is 12.5. The first-order valence-electron chi connectivity index (χ1n) is 8.88. The van der Waals surface area contributed by atoms with Crippen molar-refractivity contribution in [3.8, 4) is 0 Å². The fraction of sp³-hybridized carbons (Fsp3) is 0.316. The van der Waals surface area contributed by atoms with E-state index < -0.39 is 39.6 Å². The lowest BCUT2D eigenvalue weighted by atomic mass is 10.1. The first-order chi connectivity index (χ1) is 13.9. The van der Waals surface area contributed by atoms with Crippen molar-refractivity contribution in [3.05, 3.63) is 47.3 Å². The number of thiophene rings is 1. The number of para-hydroxylation sites is 1. The quantitative estimate of drug-likeness (QED) is 0.577. The fourth-order valence-electron chi connectivity index (χ4n) is 2.22. The third-order valence-corrected chi connectivity index (χ3v) is 6.29. The van der Waals surface area contributed by atoms with Gasteiger partial charge in [-0.15, -0.1) is 11.3 Å². The van der Waals surface area contributed by atoms with Gasteiger partial charge in [-0.3, -0.25) is 14.8 Å². The third-order valence-electron chi connectivity index (χ3n) is 3.53. The number of nitrogens with one attached hydrogen (secondary N) is 3. The molecular weight excluding hydrogens is 430 g/mol. The number of anilines is 1. The number of urea groups is 1. The number of sulfonamides is 1. The Kier molecular flexibility index (Phi) is 7.21. The van der Waals surface area contributed by atoms with E-state index in [1.807, 2.05) is 0 Å². The average Bonchev–Trinajstić information content (AvgIpc) is 3.15. The summed E-state index contributed by atoms with van der Waals surface area (Å²) in [6, 6.07) is 8.16. The number of rotatable bonds is 6. The van der Waals surface area contributed by atoms with Crippen molar-refractivity contribution in [3.63, 3.8) is 0 Å². The van der Waals surface area contributed by atoms with Gasteiger partial charge in [0.15, 0.2) is 6.10 Å². The minimum atomic E-state index is -3.88. The van der Waals surface area contributed by atoms with Gasteiger partial charge in [0, 0.05) is 5.54 Å². The van der Waals surface area contributed by atoms with Crippen molar-refractivity contribution in [1.82, 2.24) is 10.6 Å². The number of benzene rings is 1. The van der Waals surface area contributed by atoms with Gasteiger partial charge in [0.1, 0.15) is 4.21 Å². The van der Waals surface area contributed by atoms with Crippen LogP contribution in [0.2, 0.25) is 0 Å². The second kappa shape index (κ2) is 9.26. The van der Waals surface area contributed by atoms with E-state index in [0.29, 0.717) is 0 Å². The van der Waals surface area contributed by atoms with E-state index in [1.54, 1.807) is 38.3 Å². The maximum Gasteiger partial charge on any atom is 0.341 e. The molecule has 0 aliphatic heterocycles. The van der Waals surface area contributed by atoms with E-state index in [2.05, 4.69) is 15.4 Å². The summed E-state index contributed by atoms with van der Waals surface area (Å²) < 4.78 is 32.4. The van der Waals surface area contributed by atoms with Crippen LogP contribution in [0.25, 0.3) is 0 Å². The predicted octanol–water partition coefficient (Wildman–Crippen LogP) is 2.72. The summed E-state index contributed by atoms with van der Waals surface area (Å²) in [7, 11) is -3.88. The molecule has 3 N–H and O–H groups in total. The fourth-order valence-corrected chi connectivity index (χ4v) is 4.30. The zero-order chi connectivity index (χ0) is 22.5. The van der Waals surface area contributed by atoms with Crippen LogP contribution < -0.4 is 15.4 Å². The number of hydrogen-bond acceptors (Lipinski definition) is 7. The average molecular weight is 454 g/mol. The van der Waals surface area contributed by atoms with Crippen LogP contribution in [0.5, 0.6) is 0 Å². The third kappa shape index (κ3) is 6.56. The van der Waals surface area contributed by atoms with Crippen molar-refractivity contribution >= 4 is 45.0 Å². The highest BCUT2D eigenvalue weighted by Gasteiger charge is 2.25. The Labute approximate surface area is 178 Å². The number of esters is 1. The molecule has 162 valence electrons. The second-order valence-corrected chi connectivity index (χ2v) is 10.2. The van der Waals surface area contributed by atoms with Crippen LogP contribution in [0.1, 0.15) is 38.1 Å². The number of hydrogen-bond donors (Lipinski definition) is 3. The number of imide groups is 1. The summed E-state index contributed by atoms with van der Waals surface area (Å²) in [6.45, 7) is 6.54. The number of ether oxygens (including phenoxy) is 1. The topological polar surface area (TPSA) is 131 Å². The molecule has 0 aliphatic carbocycles. The lowest BCUT2D eigenvalue weighted by Crippen LogP contribution is -2.50. The predicted molar refractivity (Wildman–Crippen MR) is 113 cm³/mol. The summed E-state index contributed by atoms with van der Waals surface area (Å²) >= 11 is 1.03. The first-order valence-corrected chi connectivity index (χ1v) is 11.2. The van der Waals surface area contributed by atoms with Crippen molar-refractivity contribution < 1.29 is 27.5 Å². The van der Waals surface area contributed by atoms with Crippen molar-refractivity contribution in [2.45, 2.75) is 43.5 Å². The Bertz CT molecular complexity index is 1030. The van der Waals surface area contributed by atoms with Gasteiger partial charge in [0.25, 0.3) is 15.9 Å². The summed E-state index contributed by atoms with van der Waals surface area (Å²) in [5.41, 5.74) is -0.617. The lowest BCUT2D eigenvalue weighted by molar-refractivity contribution is -0.127. The Morgan fingerprint density at radius 1 is 1.07 bits per heavy atom. The van der Waals surface area contributed by atoms with Gasteiger partial charge in [-0.05, 0) is 51.3 Å². The molecule has 0 saturated carbocycles. The number of carbonyl (C=O) groups is 3. The Balaban J connectivity index is 2.09. The highest BCUT2D eigenvalue weighted by molar-refractivity contribution is 7.94. The largest absolute Gasteiger partial charge is 0.449 e. The number of carbonyl (C=O) groups excluding carboxylic acids is 3. The van der Waals surface area contributed by atoms with Crippen LogP contribution in [-0.2, 0) is 19.6 Å². The molecule has 0 radical (unpaired) electrons. The lowest BCUT2D eigenvalue weighted by Gasteiger charge is -2.21. The monoisotopic (exact) mass is 453 g/mol. The highest BCUT2D eigenvalue weighted by atomic mass is 32.2. The molecule has 9 nitrogen and oxygen atoms in total. The molecule has 11 heteroatoms. The molecule has 2 aromatic rings. The molecule has 0 aliphatic rings. The molecular formula is C19H23N3O6S2. The van der Waals surface area contributed by atoms with Crippen molar-refractivity contribution in [2.75, 3.05) is 4.72 Å². The maximum absolute atomic E-state index is 12.5. The summed E-state index contributed by atoms with van der Waals surface area (Å²) in [4.78, 5) is 36.4. The van der Waals surface area contributed by atoms with Crippen LogP contribution in [0.3, 0.4) is 0 Å². The van der Waals surface area contributed by atoms with Gasteiger partial charge in [0.05, 0.1) is 11.3 Å². The molecule has 0 unspecified atom stereocenters. The van der Waals surface area contributed by atoms with E-state index in [9.17, 15) is 22.8 Å². The van der Waals surface area contributed by atoms with E-state index >= 15 is 0 Å². The van der Waals surface area contributed by atoms with Crippen molar-refractivity contribution in [2.24, 2.45) is 0 Å². The van der Waals surface area contributed by atoms with E-state index in [-0.39, 0.29) is 15.5 Å². The molecule has 1 aromatic carbocycles. The summed E-state index contributed by atoms with van der Waals surface area (Å²) in [5.74, 6) is -1.74. The smallest absolute Gasteiger partial charge is 0.341 e. The zero-order valence-electron chi connectivity index (χ0n) is 16.9. The van der Waals surface area contributed by atoms with Crippen LogP contribution in [-0.4, -0.2) is 38.0 Å². The second-order valence-electron chi connectivity index (χ2n) is 7.32. The molecule has 0 fully saturated rings. The molecule has 0 bridgehead atoms. The molecule has 0 saturated heterocycles. The van der Waals surface area contributed by atoms with Gasteiger partial charge < -0.3 is 10.1 Å². The van der Waals surface area contributed by atoms with Crippen LogP contribution in [0, 0.1) is 0 Å². The van der Waals surface area contributed by atoms with E-state index in [1.165, 1.54) is 31.2 Å². The van der Waals surface area contributed by atoms with Crippen LogP contribution in [0.15, 0.2) is 46.0 Å². The molecule has 1 heterocycles. The minimum Gasteiger partial charge on any atom is -0.449 e. The first kappa shape index (κ1) is 23.4. The molecule has 1 aromatic heterocycles. The molecule has 1 atom stereocenters. The van der Waals surface area contributed by atoms with Gasteiger partial charge >= 0.3 is 12.0 Å². The molecule has 0 spiro atoms. The normalized spacial score (nSPS) is 12.5. The van der Waals surface area contributed by atoms with Gasteiger partial charge in [-0.2, -0.15) is 0 Å². The summed E-state index contributed by atoms with van der Waals surface area (Å²) in [6.07, 6.45) is -1.29. The van der Waals surface area contributed by atoms with Gasteiger partial charge in [-0.25, -0.2) is 18.0 Å². The Hall–Kier alpha value is -2.92. The molecule has 2 rings (SSSR count). The van der Waals surface area contributed by atoms with Crippen molar-refractivity contribution in [1.29, 1.82) is 0 Å².